The number of thioether (sulfide) groups is 1. The lowest BCUT2D eigenvalue weighted by molar-refractivity contribution is -0.669. The molecular weight excluding hydrogens is 352 g/mol. The number of rotatable bonds is 4. The maximum Gasteiger partial charge on any atom is 0.212 e. The van der Waals surface area contributed by atoms with Gasteiger partial charge in [-0.05, 0) is 45.0 Å². The Bertz CT molecular complexity index is 1040. The molecule has 2 heterocycles. The van der Waals surface area contributed by atoms with Crippen molar-refractivity contribution in [3.8, 4) is 5.75 Å². The molecule has 0 N–H and O–H groups in total. The Kier molecular flexibility index (Phi) is 4.83. The van der Waals surface area contributed by atoms with Crippen molar-refractivity contribution in [1.29, 1.82) is 0 Å². The largest absolute Gasteiger partial charge is 0.497 e. The molecule has 0 amide bonds. The van der Waals surface area contributed by atoms with Crippen LogP contribution < -0.4 is 14.2 Å². The molecule has 0 atom stereocenters. The van der Waals surface area contributed by atoms with E-state index in [2.05, 4.69) is 78.8 Å². The zero-order valence-corrected chi connectivity index (χ0v) is 17.1. The molecule has 4 rings (SSSR count). The van der Waals surface area contributed by atoms with E-state index in [-0.39, 0.29) is 0 Å². The number of ether oxygens (including phenoxy) is 1. The Morgan fingerprint density at radius 2 is 1.93 bits per heavy atom. The van der Waals surface area contributed by atoms with Crippen molar-refractivity contribution in [3.63, 3.8) is 0 Å². The van der Waals surface area contributed by atoms with Crippen LogP contribution in [0, 0.1) is 6.92 Å². The smallest absolute Gasteiger partial charge is 0.212 e. The summed E-state index contributed by atoms with van der Waals surface area (Å²) < 4.78 is 7.81. The minimum atomic E-state index is 0.902. The molecule has 27 heavy (non-hydrogen) atoms. The van der Waals surface area contributed by atoms with E-state index in [0.29, 0.717) is 0 Å². The lowest BCUT2D eigenvalue weighted by Gasteiger charge is -2.18. The number of methoxy groups -OCH3 is 1. The number of nitrogens with zero attached hydrogens (tertiary/aromatic N) is 2. The zero-order chi connectivity index (χ0) is 19.0. The summed E-state index contributed by atoms with van der Waals surface area (Å²) in [5.74, 6) is 0.902. The van der Waals surface area contributed by atoms with Gasteiger partial charge in [-0.2, -0.15) is 4.57 Å². The molecule has 0 saturated heterocycles. The van der Waals surface area contributed by atoms with Gasteiger partial charge in [0.1, 0.15) is 12.3 Å². The van der Waals surface area contributed by atoms with Crippen molar-refractivity contribution >= 4 is 34.4 Å². The highest BCUT2D eigenvalue weighted by atomic mass is 32.2. The van der Waals surface area contributed by atoms with E-state index in [1.54, 1.807) is 7.11 Å². The molecule has 1 aliphatic rings. The fourth-order valence-electron chi connectivity index (χ4n) is 3.70. The molecule has 0 saturated carbocycles. The molecule has 138 valence electrons. The summed E-state index contributed by atoms with van der Waals surface area (Å²) in [6.07, 6.45) is 2.31. The maximum absolute atomic E-state index is 5.42. The van der Waals surface area contributed by atoms with Gasteiger partial charge >= 0.3 is 0 Å². The van der Waals surface area contributed by atoms with Crippen molar-refractivity contribution in [3.05, 3.63) is 64.8 Å². The van der Waals surface area contributed by atoms with Gasteiger partial charge in [0.15, 0.2) is 0 Å². The molecule has 1 aliphatic heterocycles. The van der Waals surface area contributed by atoms with Gasteiger partial charge in [-0.25, -0.2) is 0 Å². The number of pyridine rings is 1. The predicted octanol–water partition coefficient (Wildman–Crippen LogP) is 5.39. The van der Waals surface area contributed by atoms with Crippen LogP contribution >= 0.6 is 11.8 Å². The van der Waals surface area contributed by atoms with E-state index >= 15 is 0 Å². The summed E-state index contributed by atoms with van der Waals surface area (Å²) in [4.78, 5) is 3.64. The molecule has 3 nitrogen and oxygen atoms in total. The summed E-state index contributed by atoms with van der Waals surface area (Å²) in [6, 6.07) is 17.5. The minimum Gasteiger partial charge on any atom is -0.497 e. The molecule has 1 aromatic heterocycles. The number of benzene rings is 2. The molecule has 0 bridgehead atoms. The second-order valence-corrected chi connectivity index (χ2v) is 7.79. The van der Waals surface area contributed by atoms with Crippen molar-refractivity contribution in [2.24, 2.45) is 0 Å². The van der Waals surface area contributed by atoms with Crippen LogP contribution in [0.25, 0.3) is 17.0 Å². The molecule has 0 unspecified atom stereocenters. The fraction of sp³-hybridized carbons (Fsp3) is 0.261. The Morgan fingerprint density at radius 1 is 1.07 bits per heavy atom. The summed E-state index contributed by atoms with van der Waals surface area (Å²) in [5, 5.41) is 2.55. The Labute approximate surface area is 165 Å². The number of hydrogen-bond donors (Lipinski definition) is 0. The van der Waals surface area contributed by atoms with Gasteiger partial charge in [0, 0.05) is 41.1 Å². The molecule has 2 aromatic carbocycles. The average Bonchev–Trinajstić information content (AvgIpc) is 3.03. The van der Waals surface area contributed by atoms with Crippen LogP contribution in [0.4, 0.5) is 5.69 Å². The molecule has 0 aliphatic carbocycles. The van der Waals surface area contributed by atoms with Crippen molar-refractivity contribution in [2.45, 2.75) is 32.2 Å². The van der Waals surface area contributed by atoms with Crippen LogP contribution in [0.3, 0.4) is 0 Å². The lowest BCUT2D eigenvalue weighted by atomic mass is 10.1. The molecule has 3 aromatic rings. The van der Waals surface area contributed by atoms with E-state index in [0.717, 1.165) is 18.8 Å². The van der Waals surface area contributed by atoms with Crippen LogP contribution in [0.5, 0.6) is 5.75 Å². The van der Waals surface area contributed by atoms with Gasteiger partial charge in [0.25, 0.3) is 0 Å². The first kappa shape index (κ1) is 17.9. The fourth-order valence-corrected chi connectivity index (χ4v) is 4.86. The number of anilines is 1. The minimum absolute atomic E-state index is 0.902. The van der Waals surface area contributed by atoms with E-state index < -0.39 is 0 Å². The van der Waals surface area contributed by atoms with Crippen LogP contribution in [0.1, 0.15) is 25.1 Å². The van der Waals surface area contributed by atoms with Crippen LogP contribution in [-0.4, -0.2) is 13.7 Å². The lowest BCUT2D eigenvalue weighted by Crippen LogP contribution is -2.37. The Balaban J connectivity index is 1.80. The summed E-state index contributed by atoms with van der Waals surface area (Å²) in [6.45, 7) is 8.42. The first-order valence-corrected chi connectivity index (χ1v) is 10.2. The first-order valence-electron chi connectivity index (χ1n) is 9.43. The first-order chi connectivity index (χ1) is 13.1. The van der Waals surface area contributed by atoms with Gasteiger partial charge in [0.05, 0.1) is 17.8 Å². The monoisotopic (exact) mass is 377 g/mol. The Morgan fingerprint density at radius 3 is 2.67 bits per heavy atom. The molecule has 0 radical (unpaired) electrons. The normalized spacial score (nSPS) is 14.8. The molecule has 0 fully saturated rings. The maximum atomic E-state index is 5.42. The van der Waals surface area contributed by atoms with Gasteiger partial charge < -0.3 is 9.64 Å². The molecular formula is C23H25N2OS+. The van der Waals surface area contributed by atoms with Gasteiger partial charge in [0.2, 0.25) is 11.2 Å². The number of fused-ring (bicyclic) bond motifs is 2. The Hall–Kier alpha value is -2.46. The van der Waals surface area contributed by atoms with Crippen LogP contribution in [-0.2, 0) is 6.54 Å². The summed E-state index contributed by atoms with van der Waals surface area (Å²) in [5.41, 5.74) is 5.04. The highest BCUT2D eigenvalue weighted by molar-refractivity contribution is 8.03. The van der Waals surface area contributed by atoms with E-state index in [1.165, 1.54) is 37.8 Å². The zero-order valence-electron chi connectivity index (χ0n) is 16.3. The van der Waals surface area contributed by atoms with Crippen molar-refractivity contribution < 1.29 is 9.30 Å². The predicted molar refractivity (Wildman–Crippen MR) is 114 cm³/mol. The number of hydrogen-bond acceptors (Lipinski definition) is 3. The second kappa shape index (κ2) is 7.28. The van der Waals surface area contributed by atoms with Crippen molar-refractivity contribution in [2.75, 3.05) is 18.6 Å². The number of aryl methyl sites for hydroxylation is 2. The highest BCUT2D eigenvalue weighted by Gasteiger charge is 2.26. The third kappa shape index (κ3) is 3.19. The van der Waals surface area contributed by atoms with Gasteiger partial charge in [-0.15, -0.1) is 0 Å². The standard InChI is InChI=1S/C23H25N2OS/c1-5-24-18(9-8-17-13-16(3)7-11-20(17)24)14-23-25(6-2)21-15-19(26-4)10-12-22(21)27-23/h7-15H,5-6H2,1-4H3/q+1. The summed E-state index contributed by atoms with van der Waals surface area (Å²) >= 11 is 1.83. The second-order valence-electron chi connectivity index (χ2n) is 6.73. The average molecular weight is 378 g/mol. The SMILES string of the molecule is CCN1/C(=C\c2ccc3cc(C)ccc3[n+]2CC)Sc2ccc(OC)cc21. The van der Waals surface area contributed by atoms with E-state index in [1.807, 2.05) is 17.8 Å². The third-order valence-corrected chi connectivity index (χ3v) is 6.17. The van der Waals surface area contributed by atoms with Crippen molar-refractivity contribution in [1.82, 2.24) is 0 Å². The quantitative estimate of drug-likeness (QED) is 0.567. The third-order valence-electron chi connectivity index (χ3n) is 5.06. The molecule has 4 heteroatoms. The van der Waals surface area contributed by atoms with Gasteiger partial charge in [-0.1, -0.05) is 23.4 Å². The topological polar surface area (TPSA) is 16.4 Å². The number of aromatic nitrogens is 1. The van der Waals surface area contributed by atoms with E-state index in [4.69, 9.17) is 4.74 Å². The summed E-state index contributed by atoms with van der Waals surface area (Å²) in [7, 11) is 1.72. The van der Waals surface area contributed by atoms with Crippen LogP contribution in [0.2, 0.25) is 0 Å². The van der Waals surface area contributed by atoms with Gasteiger partial charge in [-0.3, -0.25) is 0 Å². The highest BCUT2D eigenvalue weighted by Crippen LogP contribution is 2.47. The molecule has 0 spiro atoms. The van der Waals surface area contributed by atoms with E-state index in [9.17, 15) is 0 Å². The van der Waals surface area contributed by atoms with Crippen LogP contribution in [0.15, 0.2) is 58.5 Å².